The predicted molar refractivity (Wildman–Crippen MR) is 151 cm³/mol. The lowest BCUT2D eigenvalue weighted by Gasteiger charge is -2.32. The maximum absolute atomic E-state index is 15.8. The van der Waals surface area contributed by atoms with Gasteiger partial charge in [-0.2, -0.15) is 0 Å². The topological polar surface area (TPSA) is 80.5 Å². The zero-order valence-electron chi connectivity index (χ0n) is 21.7. The van der Waals surface area contributed by atoms with Gasteiger partial charge in [-0.1, -0.05) is 48.5 Å². The van der Waals surface area contributed by atoms with Gasteiger partial charge in [0.15, 0.2) is 5.60 Å². The monoisotopic (exact) mass is 630 g/mol. The number of rotatable bonds is 8. The third-order valence-electron chi connectivity index (χ3n) is 7.83. The highest BCUT2D eigenvalue weighted by Gasteiger charge is 2.66. The minimum atomic E-state index is -1.58. The Kier molecular flexibility index (Phi) is 7.21. The molecule has 1 aromatic heterocycles. The number of aliphatic hydroxyl groups is 1. The Labute approximate surface area is 235 Å². The summed E-state index contributed by atoms with van der Waals surface area (Å²) >= 11 is 2.23. The highest BCUT2D eigenvalue weighted by Crippen LogP contribution is 2.58. The number of hydrogen-bond acceptors (Lipinski definition) is 5. The van der Waals surface area contributed by atoms with Crippen LogP contribution in [0.1, 0.15) is 50.1 Å². The highest BCUT2D eigenvalue weighted by atomic mass is 127. The van der Waals surface area contributed by atoms with Crippen molar-refractivity contribution in [3.05, 3.63) is 87.8 Å². The van der Waals surface area contributed by atoms with Gasteiger partial charge in [-0.05, 0) is 66.6 Å². The smallest absolute Gasteiger partial charge is 0.264 e. The average Bonchev–Trinajstić information content (AvgIpc) is 3.54. The molecule has 0 unspecified atom stereocenters. The van der Waals surface area contributed by atoms with E-state index < -0.39 is 35.3 Å². The lowest BCUT2D eigenvalue weighted by molar-refractivity contribution is -0.146. The van der Waals surface area contributed by atoms with Crippen molar-refractivity contribution in [3.63, 3.8) is 0 Å². The number of alkyl halides is 1. The van der Waals surface area contributed by atoms with Crippen LogP contribution in [-0.2, 0) is 21.7 Å². The van der Waals surface area contributed by atoms with Gasteiger partial charge in [0, 0.05) is 34.1 Å². The number of nitrogens with zero attached hydrogens (tertiary/aromatic N) is 4. The summed E-state index contributed by atoms with van der Waals surface area (Å²) < 4.78 is 25.1. The maximum atomic E-state index is 15.8. The Balaban J connectivity index is 1.43. The molecule has 1 amide bonds. The SMILES string of the molecule is C=CCN1C(=O)[C@@]2(O[C@@H](CCn3cc([C@H](O)c4ccccc4)nn3)[C@H](C(C)(C)F)[C@H]2C)c2cc(I)ccc21. The van der Waals surface area contributed by atoms with Gasteiger partial charge in [0.2, 0.25) is 0 Å². The number of aryl methyl sites for hydroxylation is 1. The fraction of sp³-hybridized carbons (Fsp3) is 0.414. The van der Waals surface area contributed by atoms with Gasteiger partial charge < -0.3 is 14.7 Å². The minimum Gasteiger partial charge on any atom is -0.382 e. The van der Waals surface area contributed by atoms with Crippen LogP contribution in [0.2, 0.25) is 0 Å². The summed E-state index contributed by atoms with van der Waals surface area (Å²) in [6.45, 7) is 9.62. The van der Waals surface area contributed by atoms with E-state index in [1.165, 1.54) is 0 Å². The van der Waals surface area contributed by atoms with E-state index in [0.29, 0.717) is 25.2 Å². The van der Waals surface area contributed by atoms with E-state index in [4.69, 9.17) is 4.74 Å². The second kappa shape index (κ2) is 10.2. The molecule has 0 aliphatic carbocycles. The Morgan fingerprint density at radius 1 is 1.29 bits per heavy atom. The van der Waals surface area contributed by atoms with Crippen molar-refractivity contribution in [3.8, 4) is 0 Å². The van der Waals surface area contributed by atoms with Gasteiger partial charge in [-0.3, -0.25) is 9.48 Å². The summed E-state index contributed by atoms with van der Waals surface area (Å²) in [5, 5.41) is 19.0. The number of carbonyl (C=O) groups excluding carboxylic acids is 1. The average molecular weight is 631 g/mol. The van der Waals surface area contributed by atoms with E-state index in [2.05, 4.69) is 39.5 Å². The lowest BCUT2D eigenvalue weighted by atomic mass is 9.71. The normalized spacial score (nSPS) is 25.7. The van der Waals surface area contributed by atoms with E-state index in [0.717, 1.165) is 20.4 Å². The molecule has 1 spiro atoms. The summed E-state index contributed by atoms with van der Waals surface area (Å²) in [7, 11) is 0. The molecule has 5 rings (SSSR count). The molecule has 3 aromatic rings. The van der Waals surface area contributed by atoms with Gasteiger partial charge in [-0.15, -0.1) is 11.7 Å². The number of anilines is 1. The molecule has 7 nitrogen and oxygen atoms in total. The first-order chi connectivity index (χ1) is 18.1. The van der Waals surface area contributed by atoms with Crippen molar-refractivity contribution in [2.75, 3.05) is 11.4 Å². The zero-order valence-corrected chi connectivity index (χ0v) is 23.9. The highest BCUT2D eigenvalue weighted by molar-refractivity contribution is 14.1. The van der Waals surface area contributed by atoms with E-state index in [-0.39, 0.29) is 5.91 Å². The standard InChI is InChI=1S/C29H32FIN4O3/c1-5-14-35-23-12-11-20(31)16-21(23)29(27(35)37)18(2)25(28(3,4)30)24(38-29)13-15-34-17-22(32-33-34)26(36)19-9-7-6-8-10-19/h5-12,16-18,24-26,36H,1,13-15H2,2-4H3/t18-,24+,25-,26-,29+/m1/s1. The van der Waals surface area contributed by atoms with Crippen molar-refractivity contribution in [2.24, 2.45) is 11.8 Å². The van der Waals surface area contributed by atoms with E-state index in [9.17, 15) is 9.90 Å². The van der Waals surface area contributed by atoms with Crippen LogP contribution in [0.4, 0.5) is 10.1 Å². The molecule has 3 heterocycles. The second-order valence-electron chi connectivity index (χ2n) is 10.6. The molecule has 2 aromatic carbocycles. The van der Waals surface area contributed by atoms with Gasteiger partial charge in [0.05, 0.1) is 18.0 Å². The molecular weight excluding hydrogens is 598 g/mol. The van der Waals surface area contributed by atoms with Crippen molar-refractivity contribution < 1.29 is 19.0 Å². The van der Waals surface area contributed by atoms with E-state index in [1.807, 2.05) is 55.5 Å². The second-order valence-corrected chi connectivity index (χ2v) is 11.9. The zero-order chi connectivity index (χ0) is 27.2. The van der Waals surface area contributed by atoms with Crippen LogP contribution in [0.15, 0.2) is 67.4 Å². The largest absolute Gasteiger partial charge is 0.382 e. The van der Waals surface area contributed by atoms with Gasteiger partial charge in [-0.25, -0.2) is 4.39 Å². The van der Waals surface area contributed by atoms with Crippen LogP contribution >= 0.6 is 22.6 Å². The Morgan fingerprint density at radius 3 is 2.71 bits per heavy atom. The van der Waals surface area contributed by atoms with E-state index in [1.54, 1.807) is 35.7 Å². The molecule has 1 saturated heterocycles. The number of aliphatic hydroxyl groups excluding tert-OH is 1. The first-order valence-electron chi connectivity index (χ1n) is 12.8. The van der Waals surface area contributed by atoms with Crippen LogP contribution in [0.5, 0.6) is 0 Å². The minimum absolute atomic E-state index is 0.173. The maximum Gasteiger partial charge on any atom is 0.264 e. The molecule has 2 aliphatic heterocycles. The predicted octanol–water partition coefficient (Wildman–Crippen LogP) is 5.18. The Bertz CT molecular complexity index is 1340. The molecule has 5 atom stereocenters. The first-order valence-corrected chi connectivity index (χ1v) is 13.9. The fourth-order valence-corrected chi connectivity index (χ4v) is 6.70. The first kappa shape index (κ1) is 27.0. The molecule has 0 radical (unpaired) electrons. The number of benzene rings is 2. The fourth-order valence-electron chi connectivity index (χ4n) is 6.21. The molecule has 0 saturated carbocycles. The Morgan fingerprint density at radius 2 is 2.03 bits per heavy atom. The number of hydrogen-bond donors (Lipinski definition) is 1. The summed E-state index contributed by atoms with van der Waals surface area (Å²) in [6.07, 6.45) is 2.40. The van der Waals surface area contributed by atoms with Gasteiger partial charge in [0.25, 0.3) is 5.91 Å². The molecule has 1 fully saturated rings. The number of carbonyl (C=O) groups is 1. The van der Waals surface area contributed by atoms with Crippen LogP contribution < -0.4 is 4.90 Å². The van der Waals surface area contributed by atoms with Crippen LogP contribution in [0.3, 0.4) is 0 Å². The summed E-state index contributed by atoms with van der Waals surface area (Å²) in [4.78, 5) is 15.7. The summed E-state index contributed by atoms with van der Waals surface area (Å²) in [5.41, 5.74) is -0.117. The number of halogens is 2. The van der Waals surface area contributed by atoms with Crippen molar-refractivity contribution in [2.45, 2.75) is 57.2 Å². The summed E-state index contributed by atoms with van der Waals surface area (Å²) in [6, 6.07) is 15.1. The number of fused-ring (bicyclic) bond motifs is 2. The number of ether oxygens (including phenoxy) is 1. The molecule has 200 valence electrons. The van der Waals surface area contributed by atoms with Crippen molar-refractivity contribution in [1.29, 1.82) is 0 Å². The Hall–Kier alpha value is -2.63. The number of aromatic nitrogens is 3. The third kappa shape index (κ3) is 4.48. The van der Waals surface area contributed by atoms with Crippen LogP contribution in [0, 0.1) is 15.4 Å². The van der Waals surface area contributed by atoms with Crippen molar-refractivity contribution >= 4 is 34.2 Å². The van der Waals surface area contributed by atoms with Crippen molar-refractivity contribution in [1.82, 2.24) is 15.0 Å². The summed E-state index contributed by atoms with van der Waals surface area (Å²) in [5.74, 6) is -1.11. The third-order valence-corrected chi connectivity index (χ3v) is 8.50. The molecule has 38 heavy (non-hydrogen) atoms. The molecule has 2 aliphatic rings. The number of amides is 1. The molecule has 0 bridgehead atoms. The molecule has 9 heteroatoms. The molecular formula is C29H32FIN4O3. The van der Waals surface area contributed by atoms with Gasteiger partial charge in [0.1, 0.15) is 17.5 Å². The molecule has 1 N–H and O–H groups in total. The van der Waals surface area contributed by atoms with Crippen LogP contribution in [-0.4, -0.2) is 44.3 Å². The van der Waals surface area contributed by atoms with Gasteiger partial charge >= 0.3 is 0 Å². The quantitative estimate of drug-likeness (QED) is 0.274. The lowest BCUT2D eigenvalue weighted by Crippen LogP contribution is -2.45. The van der Waals surface area contributed by atoms with E-state index >= 15 is 4.39 Å². The van der Waals surface area contributed by atoms with Crippen LogP contribution in [0.25, 0.3) is 0 Å².